The molecule has 1 unspecified atom stereocenters. The Morgan fingerprint density at radius 3 is 1.94 bits per heavy atom. The van der Waals surface area contributed by atoms with Gasteiger partial charge in [-0.05, 0) is 45.4 Å². The molecule has 3 aromatic rings. The van der Waals surface area contributed by atoms with Gasteiger partial charge < -0.3 is 9.47 Å². The maximum Gasteiger partial charge on any atom is 0.123 e. The second-order valence-corrected chi connectivity index (χ2v) is 8.77. The lowest BCUT2D eigenvalue weighted by Crippen LogP contribution is -2.37. The molecule has 0 aromatic heterocycles. The Labute approximate surface area is 206 Å². The van der Waals surface area contributed by atoms with E-state index in [0.29, 0.717) is 0 Å². The van der Waals surface area contributed by atoms with Gasteiger partial charge in [0.15, 0.2) is 0 Å². The molecule has 0 radical (unpaired) electrons. The fourth-order valence-electron chi connectivity index (χ4n) is 4.12. The molecule has 168 valence electrons. The van der Waals surface area contributed by atoms with Gasteiger partial charge in [0.2, 0.25) is 0 Å². The first kappa shape index (κ1) is 24.5. The largest absolute Gasteiger partial charge is 0.497 e. The van der Waals surface area contributed by atoms with Crippen LogP contribution in [0.5, 0.6) is 5.75 Å². The van der Waals surface area contributed by atoms with Crippen molar-refractivity contribution in [2.45, 2.75) is 50.7 Å². The van der Waals surface area contributed by atoms with Crippen LogP contribution in [-0.2, 0) is 16.8 Å². The number of rotatable bonds is 12. The smallest absolute Gasteiger partial charge is 0.123 e. The number of methoxy groups -OCH3 is 1. The van der Waals surface area contributed by atoms with Crippen LogP contribution < -0.4 is 4.74 Å². The first-order chi connectivity index (χ1) is 15.7. The lowest BCUT2D eigenvalue weighted by atomic mass is 9.80. The van der Waals surface area contributed by atoms with Crippen molar-refractivity contribution < 1.29 is 9.47 Å². The Morgan fingerprint density at radius 2 is 1.44 bits per heavy atom. The molecule has 0 saturated heterocycles. The average molecular weight is 540 g/mol. The topological polar surface area (TPSA) is 18.5 Å². The van der Waals surface area contributed by atoms with E-state index in [9.17, 15) is 0 Å². The molecule has 0 spiro atoms. The van der Waals surface area contributed by atoms with Crippen molar-refractivity contribution in [3.63, 3.8) is 0 Å². The van der Waals surface area contributed by atoms with E-state index in [1.54, 1.807) is 7.11 Å². The molecule has 32 heavy (non-hydrogen) atoms. The van der Waals surface area contributed by atoms with E-state index in [1.165, 1.54) is 29.5 Å². The molecular weight excluding hydrogens is 507 g/mol. The van der Waals surface area contributed by atoms with Crippen molar-refractivity contribution in [3.8, 4) is 5.75 Å². The van der Waals surface area contributed by atoms with Gasteiger partial charge in [-0.25, -0.2) is 0 Å². The SMILES string of the molecule is CCCCCC(/C=C/I)OC(Cc1ccc(OC)cc1)(c1ccccc1)c1ccccc1. The molecule has 0 aliphatic carbocycles. The highest BCUT2D eigenvalue weighted by molar-refractivity contribution is 14.1. The van der Waals surface area contributed by atoms with Crippen LogP contribution in [0.3, 0.4) is 0 Å². The maximum atomic E-state index is 7.13. The van der Waals surface area contributed by atoms with Crippen LogP contribution in [0.15, 0.2) is 95.1 Å². The molecule has 3 aromatic carbocycles. The quantitative estimate of drug-likeness (QED) is 0.171. The van der Waals surface area contributed by atoms with Crippen LogP contribution in [0.4, 0.5) is 0 Å². The minimum atomic E-state index is -0.593. The molecule has 0 saturated carbocycles. The Balaban J connectivity index is 2.09. The number of halogens is 1. The molecule has 3 heteroatoms. The summed E-state index contributed by atoms with van der Waals surface area (Å²) < 4.78 is 14.6. The van der Waals surface area contributed by atoms with Crippen LogP contribution in [0.2, 0.25) is 0 Å². The zero-order valence-corrected chi connectivity index (χ0v) is 21.2. The number of hydrogen-bond acceptors (Lipinski definition) is 2. The third-order valence-electron chi connectivity index (χ3n) is 5.82. The number of unbranched alkanes of at least 4 members (excludes halogenated alkanes) is 2. The van der Waals surface area contributed by atoms with Gasteiger partial charge in [-0.2, -0.15) is 0 Å². The highest BCUT2D eigenvalue weighted by atomic mass is 127. The predicted molar refractivity (Wildman–Crippen MR) is 143 cm³/mol. The molecule has 0 heterocycles. The van der Waals surface area contributed by atoms with E-state index in [1.807, 2.05) is 12.1 Å². The molecule has 3 rings (SSSR count). The summed E-state index contributed by atoms with van der Waals surface area (Å²) in [4.78, 5) is 0. The summed E-state index contributed by atoms with van der Waals surface area (Å²) >= 11 is 2.30. The van der Waals surface area contributed by atoms with E-state index < -0.39 is 5.60 Å². The molecule has 0 N–H and O–H groups in total. The Hall–Kier alpha value is -2.11. The Bertz CT molecular complexity index is 896. The highest BCUT2D eigenvalue weighted by Crippen LogP contribution is 2.39. The molecule has 0 aliphatic heterocycles. The molecular formula is C29H33IO2. The lowest BCUT2D eigenvalue weighted by Gasteiger charge is -2.38. The second-order valence-electron chi connectivity index (χ2n) is 8.05. The van der Waals surface area contributed by atoms with Crippen LogP contribution >= 0.6 is 22.6 Å². The van der Waals surface area contributed by atoms with Gasteiger partial charge in [0.05, 0.1) is 13.2 Å². The molecule has 0 amide bonds. The molecule has 2 nitrogen and oxygen atoms in total. The summed E-state index contributed by atoms with van der Waals surface area (Å²) in [7, 11) is 1.70. The van der Waals surface area contributed by atoms with Gasteiger partial charge in [-0.3, -0.25) is 0 Å². The predicted octanol–water partition coefficient (Wildman–Crippen LogP) is 8.10. The number of benzene rings is 3. The molecule has 0 aliphatic rings. The van der Waals surface area contributed by atoms with Gasteiger partial charge in [0.25, 0.3) is 0 Å². The van der Waals surface area contributed by atoms with Crippen molar-refractivity contribution in [1.82, 2.24) is 0 Å². The molecule has 0 bridgehead atoms. The van der Waals surface area contributed by atoms with Crippen LogP contribution in [0.1, 0.15) is 49.3 Å². The number of hydrogen-bond donors (Lipinski definition) is 0. The summed E-state index contributed by atoms with van der Waals surface area (Å²) in [5.74, 6) is 0.866. The summed E-state index contributed by atoms with van der Waals surface area (Å²) in [5.41, 5.74) is 2.96. The first-order valence-corrected chi connectivity index (χ1v) is 12.6. The molecule has 0 fully saturated rings. The average Bonchev–Trinajstić information content (AvgIpc) is 2.85. The standard InChI is InChI=1S/C29H33IO2/c1-3-4-7-16-28(21-22-30)32-29(25-12-8-5-9-13-25,26-14-10-6-11-15-26)23-24-17-19-27(31-2)20-18-24/h5-6,8-15,17-22,28H,3-4,7,16,23H2,1-2H3/b22-21+. The van der Waals surface area contributed by atoms with Crippen molar-refractivity contribution in [1.29, 1.82) is 0 Å². The summed E-state index contributed by atoms with van der Waals surface area (Å²) in [6.07, 6.45) is 7.57. The fraction of sp³-hybridized carbons (Fsp3) is 0.310. The molecule has 1 atom stereocenters. The third-order valence-corrected chi connectivity index (χ3v) is 6.24. The lowest BCUT2D eigenvalue weighted by molar-refractivity contribution is -0.0558. The fourth-order valence-corrected chi connectivity index (χ4v) is 4.59. The zero-order chi connectivity index (χ0) is 22.7. The zero-order valence-electron chi connectivity index (χ0n) is 19.0. The van der Waals surface area contributed by atoms with E-state index in [4.69, 9.17) is 9.47 Å². The normalized spacial score (nSPS) is 12.7. The van der Waals surface area contributed by atoms with Gasteiger partial charge in [0.1, 0.15) is 11.4 Å². The van der Waals surface area contributed by atoms with Gasteiger partial charge in [-0.15, -0.1) is 0 Å². The monoisotopic (exact) mass is 540 g/mol. The minimum absolute atomic E-state index is 0.0390. The van der Waals surface area contributed by atoms with Crippen LogP contribution in [-0.4, -0.2) is 13.2 Å². The van der Waals surface area contributed by atoms with Gasteiger partial charge >= 0.3 is 0 Å². The summed E-state index contributed by atoms with van der Waals surface area (Å²) in [6, 6.07) is 29.6. The van der Waals surface area contributed by atoms with Crippen molar-refractivity contribution in [2.75, 3.05) is 7.11 Å². The van der Waals surface area contributed by atoms with Gasteiger partial charge in [0, 0.05) is 6.42 Å². The number of ether oxygens (including phenoxy) is 2. The van der Waals surface area contributed by atoms with E-state index in [2.05, 4.69) is 112 Å². The van der Waals surface area contributed by atoms with E-state index in [0.717, 1.165) is 25.0 Å². The van der Waals surface area contributed by atoms with E-state index >= 15 is 0 Å². The highest BCUT2D eigenvalue weighted by Gasteiger charge is 2.37. The van der Waals surface area contributed by atoms with Gasteiger partial charge in [-0.1, -0.05) is 122 Å². The summed E-state index contributed by atoms with van der Waals surface area (Å²) in [6.45, 7) is 2.24. The maximum absolute atomic E-state index is 7.13. The van der Waals surface area contributed by atoms with E-state index in [-0.39, 0.29) is 6.10 Å². The summed E-state index contributed by atoms with van der Waals surface area (Å²) in [5, 5.41) is 0. The van der Waals surface area contributed by atoms with Crippen molar-refractivity contribution >= 4 is 22.6 Å². The second kappa shape index (κ2) is 12.8. The third kappa shape index (κ3) is 6.46. The Kier molecular flexibility index (Phi) is 9.82. The van der Waals surface area contributed by atoms with Crippen molar-refractivity contribution in [3.05, 3.63) is 112 Å². The van der Waals surface area contributed by atoms with Crippen LogP contribution in [0.25, 0.3) is 0 Å². The Morgan fingerprint density at radius 1 is 0.844 bits per heavy atom. The van der Waals surface area contributed by atoms with Crippen molar-refractivity contribution in [2.24, 2.45) is 0 Å². The first-order valence-electron chi connectivity index (χ1n) is 11.4. The minimum Gasteiger partial charge on any atom is -0.497 e. The van der Waals surface area contributed by atoms with Crippen LogP contribution in [0, 0.1) is 0 Å².